The number of nitrogens with one attached hydrogen (secondary N) is 2. The Hall–Kier alpha value is -1.88. The molecule has 5 heteroatoms. The number of benzene rings is 1. The third-order valence-electron chi connectivity index (χ3n) is 3.84. The first-order valence-corrected chi connectivity index (χ1v) is 8.56. The van der Waals surface area contributed by atoms with E-state index in [0.717, 1.165) is 23.4 Å². The Balaban J connectivity index is 2.77. The molecule has 0 radical (unpaired) electrons. The number of rotatable bonds is 8. The summed E-state index contributed by atoms with van der Waals surface area (Å²) in [5, 5.41) is 5.73. The summed E-state index contributed by atoms with van der Waals surface area (Å²) < 4.78 is 0. The van der Waals surface area contributed by atoms with Gasteiger partial charge in [0.1, 0.15) is 6.42 Å². The van der Waals surface area contributed by atoms with Gasteiger partial charge in [0.15, 0.2) is 0 Å². The summed E-state index contributed by atoms with van der Waals surface area (Å²) in [4.78, 5) is 26.1. The number of carbonyl (C=O) groups is 2. The van der Waals surface area contributed by atoms with E-state index in [9.17, 15) is 9.59 Å². The van der Waals surface area contributed by atoms with Gasteiger partial charge in [-0.05, 0) is 37.1 Å². The lowest BCUT2D eigenvalue weighted by molar-refractivity contribution is -0.126. The number of para-hydroxylation sites is 1. The molecular weight excluding hydrogens is 302 g/mol. The van der Waals surface area contributed by atoms with E-state index in [-0.39, 0.29) is 18.2 Å². The van der Waals surface area contributed by atoms with Crippen molar-refractivity contribution < 1.29 is 9.59 Å². The van der Waals surface area contributed by atoms with Crippen molar-refractivity contribution in [1.29, 1.82) is 0 Å². The first-order chi connectivity index (χ1) is 11.2. The van der Waals surface area contributed by atoms with E-state index in [2.05, 4.69) is 38.3 Å². The smallest absolute Gasteiger partial charge is 0.233 e. The van der Waals surface area contributed by atoms with Crippen LogP contribution in [0.4, 0.5) is 5.69 Å². The van der Waals surface area contributed by atoms with E-state index in [1.165, 1.54) is 0 Å². The zero-order valence-electron chi connectivity index (χ0n) is 15.8. The largest absolute Gasteiger partial charge is 0.354 e. The lowest BCUT2D eigenvalue weighted by Crippen LogP contribution is -2.33. The Labute approximate surface area is 145 Å². The minimum absolute atomic E-state index is 0.155. The summed E-state index contributed by atoms with van der Waals surface area (Å²) in [6, 6.07) is 6.08. The first kappa shape index (κ1) is 20.2. The highest BCUT2D eigenvalue weighted by Crippen LogP contribution is 2.32. The van der Waals surface area contributed by atoms with Crippen molar-refractivity contribution >= 4 is 17.5 Å². The minimum atomic E-state index is -0.271. The average molecular weight is 333 g/mol. The Morgan fingerprint density at radius 1 is 1.00 bits per heavy atom. The quantitative estimate of drug-likeness (QED) is 0.719. The SMILES string of the molecule is CC(C)c1cccc(C(C)C)c1NC(=O)CC(=O)NCCN(C)C. The van der Waals surface area contributed by atoms with Gasteiger partial charge >= 0.3 is 0 Å². The molecule has 0 fully saturated rings. The van der Waals surface area contributed by atoms with Crippen LogP contribution in [0.5, 0.6) is 0 Å². The van der Waals surface area contributed by atoms with Gasteiger partial charge in [-0.25, -0.2) is 0 Å². The maximum absolute atomic E-state index is 12.3. The third kappa shape index (κ3) is 6.32. The van der Waals surface area contributed by atoms with Crippen molar-refractivity contribution in [1.82, 2.24) is 10.2 Å². The zero-order chi connectivity index (χ0) is 18.3. The maximum atomic E-state index is 12.3. The molecule has 5 nitrogen and oxygen atoms in total. The lowest BCUT2D eigenvalue weighted by Gasteiger charge is -2.20. The van der Waals surface area contributed by atoms with Crippen molar-refractivity contribution in [3.8, 4) is 0 Å². The van der Waals surface area contributed by atoms with E-state index in [0.29, 0.717) is 18.4 Å². The van der Waals surface area contributed by atoms with E-state index in [4.69, 9.17) is 0 Å². The number of amides is 2. The molecule has 0 unspecified atom stereocenters. The molecule has 0 heterocycles. The van der Waals surface area contributed by atoms with Crippen LogP contribution < -0.4 is 10.6 Å². The minimum Gasteiger partial charge on any atom is -0.354 e. The van der Waals surface area contributed by atoms with Crippen LogP contribution in [0.3, 0.4) is 0 Å². The van der Waals surface area contributed by atoms with Gasteiger partial charge in [-0.1, -0.05) is 45.9 Å². The highest BCUT2D eigenvalue weighted by atomic mass is 16.2. The van der Waals surface area contributed by atoms with Gasteiger partial charge in [-0.3, -0.25) is 9.59 Å². The predicted molar refractivity (Wildman–Crippen MR) is 99.4 cm³/mol. The number of anilines is 1. The van der Waals surface area contributed by atoms with Gasteiger partial charge in [0.25, 0.3) is 0 Å². The van der Waals surface area contributed by atoms with Crippen molar-refractivity contribution in [2.45, 2.75) is 46.0 Å². The van der Waals surface area contributed by atoms with E-state index in [1.807, 2.05) is 37.2 Å². The highest BCUT2D eigenvalue weighted by Gasteiger charge is 2.17. The molecule has 24 heavy (non-hydrogen) atoms. The second kappa shape index (κ2) is 9.42. The highest BCUT2D eigenvalue weighted by molar-refractivity contribution is 6.04. The van der Waals surface area contributed by atoms with Crippen molar-refractivity contribution in [3.05, 3.63) is 29.3 Å². The monoisotopic (exact) mass is 333 g/mol. The van der Waals surface area contributed by atoms with Crippen molar-refractivity contribution in [3.63, 3.8) is 0 Å². The van der Waals surface area contributed by atoms with Crippen LogP contribution >= 0.6 is 0 Å². The fourth-order valence-electron chi connectivity index (χ4n) is 2.51. The number of nitrogens with zero attached hydrogens (tertiary/aromatic N) is 1. The summed E-state index contributed by atoms with van der Waals surface area (Å²) in [5.74, 6) is 0.0793. The molecule has 0 bridgehead atoms. The average Bonchev–Trinajstić information content (AvgIpc) is 2.46. The fraction of sp³-hybridized carbons (Fsp3) is 0.579. The normalized spacial score (nSPS) is 11.2. The van der Waals surface area contributed by atoms with Gasteiger partial charge in [0.05, 0.1) is 0 Å². The standard InChI is InChI=1S/C19H31N3O2/c1-13(2)15-8-7-9-16(14(3)4)19(15)21-18(24)12-17(23)20-10-11-22(5)6/h7-9,13-14H,10-12H2,1-6H3,(H,20,23)(H,21,24). The molecule has 0 saturated heterocycles. The second-order valence-corrected chi connectivity index (χ2v) is 7.00. The fourth-order valence-corrected chi connectivity index (χ4v) is 2.51. The zero-order valence-corrected chi connectivity index (χ0v) is 15.8. The molecule has 0 aliphatic heterocycles. The summed E-state index contributed by atoms with van der Waals surface area (Å²) in [6.07, 6.45) is -0.155. The Morgan fingerprint density at radius 3 is 2.00 bits per heavy atom. The summed E-state index contributed by atoms with van der Waals surface area (Å²) in [5.41, 5.74) is 3.05. The molecular formula is C19H31N3O2. The van der Waals surface area contributed by atoms with Gasteiger partial charge < -0.3 is 15.5 Å². The molecule has 0 aliphatic carbocycles. The second-order valence-electron chi connectivity index (χ2n) is 7.00. The van der Waals surface area contributed by atoms with Crippen LogP contribution in [0.25, 0.3) is 0 Å². The summed E-state index contributed by atoms with van der Waals surface area (Å²) in [7, 11) is 3.88. The molecule has 0 spiro atoms. The van der Waals surface area contributed by atoms with Gasteiger partial charge in [0, 0.05) is 18.8 Å². The Bertz CT molecular complexity index is 539. The summed E-state index contributed by atoms with van der Waals surface area (Å²) >= 11 is 0. The molecule has 0 aromatic heterocycles. The lowest BCUT2D eigenvalue weighted by atomic mass is 9.92. The maximum Gasteiger partial charge on any atom is 0.233 e. The van der Waals surface area contributed by atoms with Crippen LogP contribution in [0, 0.1) is 0 Å². The molecule has 2 amide bonds. The molecule has 0 saturated carbocycles. The molecule has 2 N–H and O–H groups in total. The van der Waals surface area contributed by atoms with Crippen LogP contribution in [0.15, 0.2) is 18.2 Å². The van der Waals surface area contributed by atoms with E-state index in [1.54, 1.807) is 0 Å². The van der Waals surface area contributed by atoms with Crippen LogP contribution in [-0.4, -0.2) is 43.9 Å². The predicted octanol–water partition coefficient (Wildman–Crippen LogP) is 2.94. The number of carbonyl (C=O) groups excluding carboxylic acids is 2. The summed E-state index contributed by atoms with van der Waals surface area (Å²) in [6.45, 7) is 9.69. The first-order valence-electron chi connectivity index (χ1n) is 8.56. The van der Waals surface area contributed by atoms with Crippen LogP contribution in [-0.2, 0) is 9.59 Å². The third-order valence-corrected chi connectivity index (χ3v) is 3.84. The van der Waals surface area contributed by atoms with Gasteiger partial charge in [-0.2, -0.15) is 0 Å². The molecule has 1 aromatic rings. The van der Waals surface area contributed by atoms with Crippen molar-refractivity contribution in [2.75, 3.05) is 32.5 Å². The van der Waals surface area contributed by atoms with Crippen molar-refractivity contribution in [2.24, 2.45) is 0 Å². The van der Waals surface area contributed by atoms with Gasteiger partial charge in [0.2, 0.25) is 11.8 Å². The van der Waals surface area contributed by atoms with Crippen LogP contribution in [0.2, 0.25) is 0 Å². The van der Waals surface area contributed by atoms with E-state index < -0.39 is 0 Å². The van der Waals surface area contributed by atoms with Gasteiger partial charge in [-0.15, -0.1) is 0 Å². The molecule has 0 atom stereocenters. The number of likely N-dealkylation sites (N-methyl/N-ethyl adjacent to an activating group) is 1. The number of hydrogen-bond acceptors (Lipinski definition) is 3. The molecule has 134 valence electrons. The number of hydrogen-bond donors (Lipinski definition) is 2. The molecule has 1 aromatic carbocycles. The topological polar surface area (TPSA) is 61.4 Å². The molecule has 0 aliphatic rings. The molecule has 1 rings (SSSR count). The van der Waals surface area contributed by atoms with Crippen LogP contribution in [0.1, 0.15) is 57.1 Å². The Kier molecular flexibility index (Phi) is 7.92. The Morgan fingerprint density at radius 2 is 1.54 bits per heavy atom. The van der Waals surface area contributed by atoms with E-state index >= 15 is 0 Å².